The van der Waals surface area contributed by atoms with Gasteiger partial charge in [0.2, 0.25) is 6.29 Å². The van der Waals surface area contributed by atoms with Crippen molar-refractivity contribution in [3.63, 3.8) is 0 Å². The van der Waals surface area contributed by atoms with Crippen molar-refractivity contribution in [2.45, 2.75) is 44.5 Å². The first-order valence-electron chi connectivity index (χ1n) is 6.07. The minimum absolute atomic E-state index is 0.187. The van der Waals surface area contributed by atoms with E-state index in [4.69, 9.17) is 21.2 Å². The van der Waals surface area contributed by atoms with Gasteiger partial charge in [0.25, 0.3) is 0 Å². The Labute approximate surface area is 113 Å². The highest BCUT2D eigenvalue weighted by Gasteiger charge is 2.30. The molecule has 4 heteroatoms. The molecule has 0 saturated heterocycles. The average Bonchev–Trinajstić information content (AvgIpc) is 2.28. The highest BCUT2D eigenvalue weighted by atomic mass is 35.5. The fourth-order valence-corrected chi connectivity index (χ4v) is 2.11. The molecule has 0 radical (unpaired) electrons. The molecule has 0 spiro atoms. The second-order valence-corrected chi connectivity index (χ2v) is 5.84. The number of oxime groups is 1. The Morgan fingerprint density at radius 3 is 2.50 bits per heavy atom. The molecule has 1 heterocycles. The molecule has 0 aliphatic carbocycles. The molecular formula is C14H18ClNO2. The zero-order valence-corrected chi connectivity index (χ0v) is 11.6. The van der Waals surface area contributed by atoms with Crippen LogP contribution in [0, 0.1) is 0 Å². The van der Waals surface area contributed by atoms with Crippen molar-refractivity contribution in [3.8, 4) is 0 Å². The molecule has 1 aliphatic heterocycles. The monoisotopic (exact) mass is 267 g/mol. The van der Waals surface area contributed by atoms with Crippen LogP contribution in [0.15, 0.2) is 35.5 Å². The van der Waals surface area contributed by atoms with E-state index in [1.807, 2.05) is 51.1 Å². The largest absolute Gasteiger partial charge is 0.363 e. The van der Waals surface area contributed by atoms with Crippen molar-refractivity contribution in [1.82, 2.24) is 0 Å². The van der Waals surface area contributed by atoms with Crippen LogP contribution in [-0.4, -0.2) is 23.0 Å². The van der Waals surface area contributed by atoms with Gasteiger partial charge in [-0.2, -0.15) is 0 Å². The van der Waals surface area contributed by atoms with Gasteiger partial charge in [0, 0.05) is 12.0 Å². The highest BCUT2D eigenvalue weighted by Crippen LogP contribution is 2.25. The van der Waals surface area contributed by atoms with Gasteiger partial charge in [-0.15, -0.1) is 11.6 Å². The summed E-state index contributed by atoms with van der Waals surface area (Å²) < 4.78 is 5.72. The quantitative estimate of drug-likeness (QED) is 0.767. The van der Waals surface area contributed by atoms with Crippen LogP contribution in [-0.2, 0) is 9.57 Å². The maximum Gasteiger partial charge on any atom is 0.229 e. The SMILES string of the molecule is CC(C)(C)O[C@@H]1C[C@H](Cl)C(c2ccccc2)=NO1. The molecule has 1 aromatic rings. The number of rotatable bonds is 2. The van der Waals surface area contributed by atoms with Crippen molar-refractivity contribution in [3.05, 3.63) is 35.9 Å². The standard InChI is InChI=1S/C14H18ClNO2/c1-14(2,3)17-12-9-11(15)13(16-18-12)10-7-5-4-6-8-10/h4-8,11-12H,9H2,1-3H3/t11-,12-/m0/s1. The molecule has 2 rings (SSSR count). The third-order valence-corrected chi connectivity index (χ3v) is 2.90. The first kappa shape index (κ1) is 13.4. The average molecular weight is 268 g/mol. The summed E-state index contributed by atoms with van der Waals surface area (Å²) in [4.78, 5) is 5.37. The third-order valence-electron chi connectivity index (χ3n) is 2.52. The van der Waals surface area contributed by atoms with Crippen LogP contribution in [0.4, 0.5) is 0 Å². The molecule has 0 N–H and O–H groups in total. The van der Waals surface area contributed by atoms with Crippen LogP contribution in [0.25, 0.3) is 0 Å². The number of ether oxygens (including phenoxy) is 1. The van der Waals surface area contributed by atoms with Gasteiger partial charge in [0.15, 0.2) is 0 Å². The second kappa shape index (κ2) is 5.29. The van der Waals surface area contributed by atoms with Crippen molar-refractivity contribution >= 4 is 17.3 Å². The van der Waals surface area contributed by atoms with E-state index >= 15 is 0 Å². The van der Waals surface area contributed by atoms with Crippen molar-refractivity contribution in [1.29, 1.82) is 0 Å². The van der Waals surface area contributed by atoms with Crippen LogP contribution in [0.2, 0.25) is 0 Å². The summed E-state index contributed by atoms with van der Waals surface area (Å²) in [6.07, 6.45) is 0.229. The number of hydrogen-bond acceptors (Lipinski definition) is 3. The molecule has 0 bridgehead atoms. The summed E-state index contributed by atoms with van der Waals surface area (Å²) in [5.74, 6) is 0. The molecule has 0 saturated carbocycles. The second-order valence-electron chi connectivity index (χ2n) is 5.31. The van der Waals surface area contributed by atoms with E-state index in [0.29, 0.717) is 6.42 Å². The maximum atomic E-state index is 6.35. The lowest BCUT2D eigenvalue weighted by atomic mass is 10.0. The first-order valence-corrected chi connectivity index (χ1v) is 6.50. The lowest BCUT2D eigenvalue weighted by molar-refractivity contribution is -0.200. The first-order chi connectivity index (χ1) is 8.46. The van der Waals surface area contributed by atoms with Crippen LogP contribution in [0.1, 0.15) is 32.8 Å². The van der Waals surface area contributed by atoms with Crippen molar-refractivity contribution in [2.75, 3.05) is 0 Å². The van der Waals surface area contributed by atoms with Crippen molar-refractivity contribution < 1.29 is 9.57 Å². The fourth-order valence-electron chi connectivity index (χ4n) is 1.80. The Bertz CT molecular complexity index is 425. The van der Waals surface area contributed by atoms with Crippen LogP contribution < -0.4 is 0 Å². The summed E-state index contributed by atoms with van der Waals surface area (Å²) in [7, 11) is 0. The smallest absolute Gasteiger partial charge is 0.229 e. The highest BCUT2D eigenvalue weighted by molar-refractivity contribution is 6.35. The minimum Gasteiger partial charge on any atom is -0.363 e. The molecule has 2 atom stereocenters. The topological polar surface area (TPSA) is 30.8 Å². The summed E-state index contributed by atoms with van der Waals surface area (Å²) in [6, 6.07) is 9.83. The van der Waals surface area contributed by atoms with Gasteiger partial charge in [0.05, 0.1) is 11.0 Å². The maximum absolute atomic E-state index is 6.35. The Kier molecular flexibility index (Phi) is 3.93. The van der Waals surface area contributed by atoms with E-state index in [1.165, 1.54) is 0 Å². The van der Waals surface area contributed by atoms with E-state index < -0.39 is 0 Å². The number of nitrogens with zero attached hydrogens (tertiary/aromatic N) is 1. The Balaban J connectivity index is 2.09. The fraction of sp³-hybridized carbons (Fsp3) is 0.500. The Morgan fingerprint density at radius 1 is 1.28 bits per heavy atom. The van der Waals surface area contributed by atoms with Crippen LogP contribution in [0.5, 0.6) is 0 Å². The molecule has 0 fully saturated rings. The molecule has 18 heavy (non-hydrogen) atoms. The molecule has 0 unspecified atom stereocenters. The van der Waals surface area contributed by atoms with Crippen LogP contribution >= 0.6 is 11.6 Å². The Morgan fingerprint density at radius 2 is 1.94 bits per heavy atom. The van der Waals surface area contributed by atoms with Gasteiger partial charge in [0.1, 0.15) is 5.71 Å². The van der Waals surface area contributed by atoms with E-state index in [2.05, 4.69) is 5.16 Å². The third kappa shape index (κ3) is 3.47. The van der Waals surface area contributed by atoms with E-state index in [-0.39, 0.29) is 17.3 Å². The zero-order chi connectivity index (χ0) is 13.2. The van der Waals surface area contributed by atoms with Gasteiger partial charge < -0.3 is 9.57 Å². The predicted octanol–water partition coefficient (Wildman–Crippen LogP) is 3.56. The molecule has 0 amide bonds. The van der Waals surface area contributed by atoms with Gasteiger partial charge in [-0.05, 0) is 20.8 Å². The minimum atomic E-state index is -0.375. The molecular weight excluding hydrogens is 250 g/mol. The molecule has 3 nitrogen and oxygen atoms in total. The van der Waals surface area contributed by atoms with E-state index in [0.717, 1.165) is 11.3 Å². The number of halogens is 1. The van der Waals surface area contributed by atoms with Gasteiger partial charge in [-0.3, -0.25) is 0 Å². The Hall–Kier alpha value is -1.06. The van der Waals surface area contributed by atoms with Gasteiger partial charge in [-0.1, -0.05) is 35.5 Å². The summed E-state index contributed by atoms with van der Waals surface area (Å²) in [5.41, 5.74) is 1.50. The molecule has 98 valence electrons. The lowest BCUT2D eigenvalue weighted by Gasteiger charge is -2.30. The number of benzene rings is 1. The molecule has 0 aromatic heterocycles. The molecule has 1 aliphatic rings. The zero-order valence-electron chi connectivity index (χ0n) is 10.9. The summed E-state index contributed by atoms with van der Waals surface area (Å²) in [5, 5.41) is 3.92. The lowest BCUT2D eigenvalue weighted by Crippen LogP contribution is -2.35. The van der Waals surface area contributed by atoms with E-state index in [1.54, 1.807) is 0 Å². The summed E-state index contributed by atoms with van der Waals surface area (Å²) in [6.45, 7) is 5.95. The van der Waals surface area contributed by atoms with Crippen LogP contribution in [0.3, 0.4) is 0 Å². The number of hydrogen-bond donors (Lipinski definition) is 0. The van der Waals surface area contributed by atoms with Gasteiger partial charge >= 0.3 is 0 Å². The summed E-state index contributed by atoms with van der Waals surface area (Å²) >= 11 is 6.35. The number of alkyl halides is 1. The molecule has 1 aromatic carbocycles. The van der Waals surface area contributed by atoms with E-state index in [9.17, 15) is 0 Å². The van der Waals surface area contributed by atoms with Crippen molar-refractivity contribution in [2.24, 2.45) is 5.16 Å². The van der Waals surface area contributed by atoms with Gasteiger partial charge in [-0.25, -0.2) is 0 Å². The normalized spacial score (nSPS) is 24.3. The predicted molar refractivity (Wildman–Crippen MR) is 72.9 cm³/mol.